The fraction of sp³-hybridized carbons (Fsp3) is 0.333. The number of aromatic nitrogens is 3. The predicted octanol–water partition coefficient (Wildman–Crippen LogP) is 1.64. The Balaban J connectivity index is 2.23. The van der Waals surface area contributed by atoms with Gasteiger partial charge in [0.05, 0.1) is 0 Å². The third-order valence-corrected chi connectivity index (χ3v) is 3.32. The molecule has 0 fully saturated rings. The van der Waals surface area contributed by atoms with Crippen LogP contribution in [-0.2, 0) is 4.79 Å². The highest BCUT2D eigenvalue weighted by molar-refractivity contribution is 5.96. The first-order valence-corrected chi connectivity index (χ1v) is 6.99. The Hall–Kier alpha value is -2.70. The van der Waals surface area contributed by atoms with E-state index < -0.39 is 17.4 Å². The molecule has 7 nitrogen and oxygen atoms in total. The standard InChI is InChI=1S/C15H18N4O3/c1-3-8-15(2,14(21)22)18-13(20)11-6-4-7-12(17-11)19-10-5-9-16-19/h4-7,9-10H,3,8H2,1-2H3,(H,18,20)(H,21,22). The molecular formula is C15H18N4O3. The van der Waals surface area contributed by atoms with Crippen LogP contribution in [0.3, 0.4) is 0 Å². The molecule has 7 heteroatoms. The topological polar surface area (TPSA) is 97.1 Å². The number of pyridine rings is 1. The van der Waals surface area contributed by atoms with Crippen LogP contribution in [0, 0.1) is 0 Å². The molecule has 1 unspecified atom stereocenters. The number of amides is 1. The van der Waals surface area contributed by atoms with Gasteiger partial charge in [0, 0.05) is 12.4 Å². The van der Waals surface area contributed by atoms with Crippen molar-refractivity contribution in [2.45, 2.75) is 32.2 Å². The SMILES string of the molecule is CCCC(C)(NC(=O)c1cccc(-n2cccn2)n1)C(=O)O. The molecular weight excluding hydrogens is 284 g/mol. The van der Waals surface area contributed by atoms with Gasteiger partial charge >= 0.3 is 5.97 Å². The van der Waals surface area contributed by atoms with Crippen LogP contribution in [0.2, 0.25) is 0 Å². The Morgan fingerprint density at radius 1 is 1.36 bits per heavy atom. The van der Waals surface area contributed by atoms with E-state index in [1.165, 1.54) is 17.7 Å². The summed E-state index contributed by atoms with van der Waals surface area (Å²) in [5.41, 5.74) is -1.16. The van der Waals surface area contributed by atoms with Gasteiger partial charge in [0.25, 0.3) is 5.91 Å². The second-order valence-electron chi connectivity index (χ2n) is 5.17. The van der Waals surface area contributed by atoms with Crippen LogP contribution < -0.4 is 5.32 Å². The molecule has 0 aliphatic rings. The second kappa shape index (κ2) is 6.38. The molecule has 0 aliphatic heterocycles. The zero-order chi connectivity index (χ0) is 16.2. The minimum atomic E-state index is -1.31. The quantitative estimate of drug-likeness (QED) is 0.845. The highest BCUT2D eigenvalue weighted by atomic mass is 16.4. The Morgan fingerprint density at radius 3 is 2.73 bits per heavy atom. The van der Waals surface area contributed by atoms with Gasteiger partial charge in [0.1, 0.15) is 11.2 Å². The van der Waals surface area contributed by atoms with Crippen molar-refractivity contribution in [3.05, 3.63) is 42.4 Å². The van der Waals surface area contributed by atoms with Crippen molar-refractivity contribution < 1.29 is 14.7 Å². The molecule has 2 aromatic rings. The Kier molecular flexibility index (Phi) is 4.55. The van der Waals surface area contributed by atoms with Gasteiger partial charge in [-0.1, -0.05) is 19.4 Å². The van der Waals surface area contributed by atoms with Crippen LogP contribution in [0.4, 0.5) is 0 Å². The Labute approximate surface area is 128 Å². The van der Waals surface area contributed by atoms with E-state index in [1.807, 2.05) is 6.92 Å². The van der Waals surface area contributed by atoms with Crippen LogP contribution in [0.5, 0.6) is 0 Å². The zero-order valence-corrected chi connectivity index (χ0v) is 12.5. The molecule has 0 aromatic carbocycles. The first-order valence-electron chi connectivity index (χ1n) is 6.99. The molecule has 0 radical (unpaired) electrons. The summed E-state index contributed by atoms with van der Waals surface area (Å²) in [5, 5.41) is 15.9. The van der Waals surface area contributed by atoms with Crippen LogP contribution in [-0.4, -0.2) is 37.3 Å². The lowest BCUT2D eigenvalue weighted by molar-refractivity contribution is -0.144. The first-order chi connectivity index (χ1) is 10.5. The van der Waals surface area contributed by atoms with Gasteiger partial charge < -0.3 is 10.4 Å². The third kappa shape index (κ3) is 3.30. The van der Waals surface area contributed by atoms with E-state index in [4.69, 9.17) is 0 Å². The van der Waals surface area contributed by atoms with Gasteiger partial charge in [-0.15, -0.1) is 0 Å². The van der Waals surface area contributed by atoms with Crippen molar-refractivity contribution in [3.8, 4) is 5.82 Å². The van der Waals surface area contributed by atoms with E-state index in [0.29, 0.717) is 18.7 Å². The van der Waals surface area contributed by atoms with Gasteiger partial charge in [0.2, 0.25) is 0 Å². The van der Waals surface area contributed by atoms with E-state index >= 15 is 0 Å². The zero-order valence-electron chi connectivity index (χ0n) is 12.5. The number of rotatable bonds is 6. The van der Waals surface area contributed by atoms with Crippen molar-refractivity contribution in [1.29, 1.82) is 0 Å². The molecule has 22 heavy (non-hydrogen) atoms. The van der Waals surface area contributed by atoms with Crippen LogP contribution in [0.25, 0.3) is 5.82 Å². The van der Waals surface area contributed by atoms with Crippen molar-refractivity contribution in [2.24, 2.45) is 0 Å². The molecule has 0 spiro atoms. The number of hydrogen-bond donors (Lipinski definition) is 2. The van der Waals surface area contributed by atoms with Crippen molar-refractivity contribution in [2.75, 3.05) is 0 Å². The van der Waals surface area contributed by atoms with Crippen LogP contribution >= 0.6 is 0 Å². The summed E-state index contributed by atoms with van der Waals surface area (Å²) in [7, 11) is 0. The van der Waals surface area contributed by atoms with Gasteiger partial charge in [-0.25, -0.2) is 14.5 Å². The number of carbonyl (C=O) groups is 2. The lowest BCUT2D eigenvalue weighted by atomic mass is 9.96. The number of carbonyl (C=O) groups excluding carboxylic acids is 1. The first kappa shape index (κ1) is 15.7. The summed E-state index contributed by atoms with van der Waals surface area (Å²) in [6.07, 6.45) is 4.30. The summed E-state index contributed by atoms with van der Waals surface area (Å²) in [4.78, 5) is 27.9. The maximum Gasteiger partial charge on any atom is 0.329 e. The largest absolute Gasteiger partial charge is 0.480 e. The Morgan fingerprint density at radius 2 is 2.14 bits per heavy atom. The van der Waals surface area contributed by atoms with E-state index in [9.17, 15) is 14.7 Å². The number of aliphatic carboxylic acids is 1. The fourth-order valence-corrected chi connectivity index (χ4v) is 2.12. The molecule has 116 valence electrons. The van der Waals surface area contributed by atoms with E-state index in [2.05, 4.69) is 15.4 Å². The molecule has 2 aromatic heterocycles. The summed E-state index contributed by atoms with van der Waals surface area (Å²) < 4.78 is 1.53. The van der Waals surface area contributed by atoms with Crippen molar-refractivity contribution in [1.82, 2.24) is 20.1 Å². The molecule has 2 heterocycles. The molecule has 0 aliphatic carbocycles. The molecule has 1 amide bonds. The number of carboxylic acid groups (broad SMARTS) is 1. The van der Waals surface area contributed by atoms with Gasteiger partial charge in [-0.05, 0) is 31.5 Å². The fourth-order valence-electron chi connectivity index (χ4n) is 2.12. The van der Waals surface area contributed by atoms with Gasteiger partial charge in [-0.3, -0.25) is 4.79 Å². The summed E-state index contributed by atoms with van der Waals surface area (Å²) in [5.74, 6) is -1.09. The van der Waals surface area contributed by atoms with Gasteiger partial charge in [0.15, 0.2) is 5.82 Å². The van der Waals surface area contributed by atoms with Crippen molar-refractivity contribution in [3.63, 3.8) is 0 Å². The molecule has 0 saturated carbocycles. The molecule has 0 bridgehead atoms. The number of hydrogen-bond acceptors (Lipinski definition) is 4. The molecule has 2 N–H and O–H groups in total. The molecule has 1 atom stereocenters. The van der Waals surface area contributed by atoms with Crippen LogP contribution in [0.1, 0.15) is 37.2 Å². The van der Waals surface area contributed by atoms with Crippen LogP contribution in [0.15, 0.2) is 36.7 Å². The molecule has 2 rings (SSSR count). The highest BCUT2D eigenvalue weighted by Crippen LogP contribution is 2.14. The Bertz CT molecular complexity index is 669. The highest BCUT2D eigenvalue weighted by Gasteiger charge is 2.34. The monoisotopic (exact) mass is 302 g/mol. The minimum Gasteiger partial charge on any atom is -0.480 e. The number of nitrogens with one attached hydrogen (secondary N) is 1. The van der Waals surface area contributed by atoms with E-state index in [0.717, 1.165) is 0 Å². The molecule has 0 saturated heterocycles. The second-order valence-corrected chi connectivity index (χ2v) is 5.17. The number of carboxylic acids is 1. The average Bonchev–Trinajstić information content (AvgIpc) is 3.01. The van der Waals surface area contributed by atoms with Gasteiger partial charge in [-0.2, -0.15) is 5.10 Å². The normalized spacial score (nSPS) is 13.4. The average molecular weight is 302 g/mol. The lowest BCUT2D eigenvalue weighted by Crippen LogP contribution is -2.52. The third-order valence-electron chi connectivity index (χ3n) is 3.32. The lowest BCUT2D eigenvalue weighted by Gasteiger charge is -2.25. The summed E-state index contributed by atoms with van der Waals surface area (Å²) >= 11 is 0. The van der Waals surface area contributed by atoms with Crippen molar-refractivity contribution >= 4 is 11.9 Å². The minimum absolute atomic E-state index is 0.150. The van der Waals surface area contributed by atoms with E-state index in [1.54, 1.807) is 30.6 Å². The predicted molar refractivity (Wildman–Crippen MR) is 79.8 cm³/mol. The number of nitrogens with zero attached hydrogens (tertiary/aromatic N) is 3. The summed E-state index contributed by atoms with van der Waals surface area (Å²) in [6.45, 7) is 3.36. The maximum absolute atomic E-state index is 12.3. The smallest absolute Gasteiger partial charge is 0.329 e. The maximum atomic E-state index is 12.3. The van der Waals surface area contributed by atoms with E-state index in [-0.39, 0.29) is 5.69 Å². The summed E-state index contributed by atoms with van der Waals surface area (Å²) in [6, 6.07) is 6.68.